The average Bonchev–Trinajstić information content (AvgIpc) is 2.84. The number of carbonyl (C=O) groups excluding carboxylic acids is 5. The van der Waals surface area contributed by atoms with Crippen LogP contribution in [0.15, 0.2) is 46.9 Å². The number of rotatable bonds is 6. The van der Waals surface area contributed by atoms with E-state index in [0.29, 0.717) is 36.2 Å². The van der Waals surface area contributed by atoms with Gasteiger partial charge in [-0.2, -0.15) is 0 Å². The molecule has 0 aliphatic carbocycles. The van der Waals surface area contributed by atoms with Gasteiger partial charge in [0.1, 0.15) is 0 Å². The van der Waals surface area contributed by atoms with Crippen LogP contribution in [0.3, 0.4) is 0 Å². The number of benzene rings is 2. The first kappa shape index (κ1) is 25.9. The normalized spacial score (nSPS) is 13.1. The standard InChI is InChI=1S/C24H25BrN4O6/c1-3-35-24(34)29-11-9-28(10-12-29)23(33)16-5-4-6-18(13-16)27-22(32)21(31)19-14-17(25)7-8-20(19)26-15(2)30/h4-8,13-14H,3,9-12H2,1-2H3,(H,26,30)(H,27,32). The van der Waals surface area contributed by atoms with Gasteiger partial charge in [-0.25, -0.2) is 4.79 Å². The third kappa shape index (κ3) is 6.66. The van der Waals surface area contributed by atoms with E-state index in [2.05, 4.69) is 26.6 Å². The van der Waals surface area contributed by atoms with Crippen LogP contribution in [0, 0.1) is 0 Å². The first-order valence-electron chi connectivity index (χ1n) is 10.9. The number of nitrogens with one attached hydrogen (secondary N) is 2. The number of anilines is 2. The molecule has 0 atom stereocenters. The number of Topliss-reactive ketones (excluding diaryl/α,β-unsaturated/α-hetero) is 1. The van der Waals surface area contributed by atoms with Gasteiger partial charge in [-0.05, 0) is 43.3 Å². The predicted molar refractivity (Wildman–Crippen MR) is 132 cm³/mol. The fourth-order valence-electron chi connectivity index (χ4n) is 3.53. The zero-order valence-corrected chi connectivity index (χ0v) is 20.9. The van der Waals surface area contributed by atoms with Crippen molar-refractivity contribution < 1.29 is 28.7 Å². The molecule has 1 saturated heterocycles. The van der Waals surface area contributed by atoms with Gasteiger partial charge in [0.05, 0.1) is 17.9 Å². The number of hydrogen-bond acceptors (Lipinski definition) is 6. The molecule has 11 heteroatoms. The second-order valence-corrected chi connectivity index (χ2v) is 8.63. The van der Waals surface area contributed by atoms with Crippen molar-refractivity contribution in [2.24, 2.45) is 0 Å². The number of piperazine rings is 1. The average molecular weight is 545 g/mol. The molecule has 184 valence electrons. The molecule has 1 fully saturated rings. The lowest BCUT2D eigenvalue weighted by Crippen LogP contribution is -2.50. The summed E-state index contributed by atoms with van der Waals surface area (Å²) in [5.74, 6) is -2.39. The quantitative estimate of drug-likeness (QED) is 0.425. The maximum absolute atomic E-state index is 12.9. The molecule has 1 heterocycles. The van der Waals surface area contributed by atoms with Crippen molar-refractivity contribution in [3.63, 3.8) is 0 Å². The summed E-state index contributed by atoms with van der Waals surface area (Å²) in [6.45, 7) is 4.74. The fraction of sp³-hybridized carbons (Fsp3) is 0.292. The first-order valence-corrected chi connectivity index (χ1v) is 11.7. The van der Waals surface area contributed by atoms with E-state index in [0.717, 1.165) is 0 Å². The third-order valence-electron chi connectivity index (χ3n) is 5.20. The highest BCUT2D eigenvalue weighted by Crippen LogP contribution is 2.23. The highest BCUT2D eigenvalue weighted by Gasteiger charge is 2.26. The van der Waals surface area contributed by atoms with Crippen LogP contribution < -0.4 is 10.6 Å². The summed E-state index contributed by atoms with van der Waals surface area (Å²) in [4.78, 5) is 64.9. The number of ether oxygens (including phenoxy) is 1. The van der Waals surface area contributed by atoms with E-state index in [1.165, 1.54) is 25.1 Å². The minimum atomic E-state index is -0.914. The van der Waals surface area contributed by atoms with Crippen molar-refractivity contribution in [3.8, 4) is 0 Å². The highest BCUT2D eigenvalue weighted by atomic mass is 79.9. The number of carbonyl (C=O) groups is 5. The SMILES string of the molecule is CCOC(=O)N1CCN(C(=O)c2cccc(NC(=O)C(=O)c3cc(Br)ccc3NC(C)=O)c2)CC1. The molecule has 1 aliphatic rings. The molecule has 10 nitrogen and oxygen atoms in total. The molecule has 0 bridgehead atoms. The van der Waals surface area contributed by atoms with Crippen LogP contribution >= 0.6 is 15.9 Å². The minimum Gasteiger partial charge on any atom is -0.450 e. The number of amides is 4. The molecule has 0 aromatic heterocycles. The second-order valence-electron chi connectivity index (χ2n) is 7.71. The minimum absolute atomic E-state index is 0.0266. The Morgan fingerprint density at radius 1 is 0.943 bits per heavy atom. The van der Waals surface area contributed by atoms with Gasteiger partial charge in [0, 0.05) is 48.8 Å². The summed E-state index contributed by atoms with van der Waals surface area (Å²) >= 11 is 3.26. The van der Waals surface area contributed by atoms with Gasteiger partial charge in [0.25, 0.3) is 17.6 Å². The molecule has 2 aromatic rings. The summed E-state index contributed by atoms with van der Waals surface area (Å²) in [5.41, 5.74) is 0.849. The van der Waals surface area contributed by atoms with Gasteiger partial charge in [0.2, 0.25) is 5.91 Å². The summed E-state index contributed by atoms with van der Waals surface area (Å²) < 4.78 is 5.56. The van der Waals surface area contributed by atoms with E-state index >= 15 is 0 Å². The number of ketones is 1. The van der Waals surface area contributed by atoms with Gasteiger partial charge in [-0.15, -0.1) is 0 Å². The van der Waals surface area contributed by atoms with Crippen LogP contribution in [0.5, 0.6) is 0 Å². The lowest BCUT2D eigenvalue weighted by Gasteiger charge is -2.34. The number of hydrogen-bond donors (Lipinski definition) is 2. The largest absolute Gasteiger partial charge is 0.450 e. The maximum atomic E-state index is 12.9. The van der Waals surface area contributed by atoms with E-state index in [1.807, 2.05) is 0 Å². The summed E-state index contributed by atoms with van der Waals surface area (Å²) in [6, 6.07) is 10.9. The summed E-state index contributed by atoms with van der Waals surface area (Å²) in [7, 11) is 0. The van der Waals surface area contributed by atoms with E-state index in [1.54, 1.807) is 41.0 Å². The predicted octanol–water partition coefficient (Wildman–Crippen LogP) is 3.14. The zero-order chi connectivity index (χ0) is 25.5. The second kappa shape index (κ2) is 11.6. The van der Waals surface area contributed by atoms with Crippen molar-refractivity contribution >= 4 is 56.9 Å². The molecule has 3 rings (SSSR count). The zero-order valence-electron chi connectivity index (χ0n) is 19.3. The maximum Gasteiger partial charge on any atom is 0.409 e. The first-order chi connectivity index (χ1) is 16.7. The summed E-state index contributed by atoms with van der Waals surface area (Å²) in [5, 5.41) is 5.05. The van der Waals surface area contributed by atoms with Crippen molar-refractivity contribution in [2.75, 3.05) is 43.4 Å². The van der Waals surface area contributed by atoms with E-state index in [4.69, 9.17) is 4.74 Å². The Balaban J connectivity index is 1.68. The Kier molecular flexibility index (Phi) is 8.58. The molecule has 0 radical (unpaired) electrons. The van der Waals surface area contributed by atoms with Crippen LogP contribution in [0.4, 0.5) is 16.2 Å². The Labute approximate surface area is 210 Å². The third-order valence-corrected chi connectivity index (χ3v) is 5.70. The van der Waals surface area contributed by atoms with Gasteiger partial charge in [-0.1, -0.05) is 22.0 Å². The molecule has 1 aliphatic heterocycles. The topological polar surface area (TPSA) is 125 Å². The van der Waals surface area contributed by atoms with Gasteiger partial charge < -0.3 is 25.2 Å². The van der Waals surface area contributed by atoms with E-state index in [-0.39, 0.29) is 35.4 Å². The molecule has 0 saturated carbocycles. The van der Waals surface area contributed by atoms with Crippen LogP contribution in [0.25, 0.3) is 0 Å². The fourth-order valence-corrected chi connectivity index (χ4v) is 3.89. The molecular weight excluding hydrogens is 520 g/mol. The van der Waals surface area contributed by atoms with Crippen LogP contribution in [-0.2, 0) is 14.3 Å². The molecule has 0 spiro atoms. The molecule has 35 heavy (non-hydrogen) atoms. The smallest absolute Gasteiger partial charge is 0.409 e. The summed E-state index contributed by atoms with van der Waals surface area (Å²) in [6.07, 6.45) is -0.402. The van der Waals surface area contributed by atoms with Crippen molar-refractivity contribution in [3.05, 3.63) is 58.1 Å². The van der Waals surface area contributed by atoms with Crippen LogP contribution in [-0.4, -0.2) is 72.2 Å². The van der Waals surface area contributed by atoms with Crippen molar-refractivity contribution in [2.45, 2.75) is 13.8 Å². The lowest BCUT2D eigenvalue weighted by atomic mass is 10.1. The molecule has 2 N–H and O–H groups in total. The highest BCUT2D eigenvalue weighted by molar-refractivity contribution is 9.10. The molecule has 2 aromatic carbocycles. The van der Waals surface area contributed by atoms with Crippen LogP contribution in [0.1, 0.15) is 34.6 Å². The van der Waals surface area contributed by atoms with Crippen molar-refractivity contribution in [1.82, 2.24) is 9.80 Å². The number of halogens is 1. The molecule has 0 unspecified atom stereocenters. The van der Waals surface area contributed by atoms with Crippen molar-refractivity contribution in [1.29, 1.82) is 0 Å². The Bertz CT molecular complexity index is 1160. The Morgan fingerprint density at radius 2 is 1.63 bits per heavy atom. The molecule has 4 amide bonds. The lowest BCUT2D eigenvalue weighted by molar-refractivity contribution is -0.114. The monoisotopic (exact) mass is 544 g/mol. The van der Waals surface area contributed by atoms with E-state index < -0.39 is 17.8 Å². The van der Waals surface area contributed by atoms with Gasteiger partial charge >= 0.3 is 6.09 Å². The van der Waals surface area contributed by atoms with Crippen LogP contribution in [0.2, 0.25) is 0 Å². The number of nitrogens with zero attached hydrogens (tertiary/aromatic N) is 2. The van der Waals surface area contributed by atoms with Gasteiger partial charge in [0.15, 0.2) is 0 Å². The van der Waals surface area contributed by atoms with E-state index in [9.17, 15) is 24.0 Å². The Hall–Kier alpha value is -3.73. The Morgan fingerprint density at radius 3 is 2.29 bits per heavy atom. The molecular formula is C24H25BrN4O6. The van der Waals surface area contributed by atoms with Gasteiger partial charge in [-0.3, -0.25) is 19.2 Å².